The second kappa shape index (κ2) is 5.46. The van der Waals surface area contributed by atoms with Gasteiger partial charge in [0.1, 0.15) is 12.1 Å². The van der Waals surface area contributed by atoms with Crippen molar-refractivity contribution in [1.29, 1.82) is 0 Å². The van der Waals surface area contributed by atoms with Crippen molar-refractivity contribution >= 4 is 34.1 Å². The molecule has 6 nitrogen and oxygen atoms in total. The number of halogens is 1. The van der Waals surface area contributed by atoms with Crippen molar-refractivity contribution in [2.75, 3.05) is 36.0 Å². The Morgan fingerprint density at radius 1 is 1.05 bits per heavy atom. The number of aromatic amines is 1. The van der Waals surface area contributed by atoms with E-state index in [0.29, 0.717) is 0 Å². The van der Waals surface area contributed by atoms with Gasteiger partial charge in [0, 0.05) is 36.9 Å². The molecule has 0 spiro atoms. The Hall–Kier alpha value is -2.34. The molecule has 1 fully saturated rings. The first-order valence-electron chi connectivity index (χ1n) is 7.21. The van der Waals surface area contributed by atoms with Gasteiger partial charge < -0.3 is 9.80 Å². The fourth-order valence-corrected chi connectivity index (χ4v) is 3.04. The van der Waals surface area contributed by atoms with Crippen molar-refractivity contribution in [3.8, 4) is 0 Å². The van der Waals surface area contributed by atoms with Crippen LogP contribution in [0.2, 0.25) is 5.02 Å². The molecule has 22 heavy (non-hydrogen) atoms. The summed E-state index contributed by atoms with van der Waals surface area (Å²) in [6, 6.07) is 8.00. The van der Waals surface area contributed by atoms with Crippen LogP contribution in [0.25, 0.3) is 11.0 Å². The zero-order chi connectivity index (χ0) is 14.9. The van der Waals surface area contributed by atoms with Gasteiger partial charge in [-0.25, -0.2) is 9.97 Å². The summed E-state index contributed by atoms with van der Waals surface area (Å²) in [5, 5.41) is 8.68. The van der Waals surface area contributed by atoms with E-state index in [9.17, 15) is 0 Å². The molecule has 0 bridgehead atoms. The lowest BCUT2D eigenvalue weighted by Gasteiger charge is -2.36. The lowest BCUT2D eigenvalue weighted by molar-refractivity contribution is 0.649. The Morgan fingerprint density at radius 2 is 1.86 bits per heavy atom. The third-order valence-corrected chi connectivity index (χ3v) is 4.21. The van der Waals surface area contributed by atoms with E-state index in [4.69, 9.17) is 11.6 Å². The molecule has 1 N–H and O–H groups in total. The number of H-pyrrole nitrogens is 1. The van der Waals surface area contributed by atoms with Gasteiger partial charge in [0.2, 0.25) is 0 Å². The van der Waals surface area contributed by atoms with Crippen molar-refractivity contribution in [1.82, 2.24) is 20.2 Å². The number of anilines is 2. The highest BCUT2D eigenvalue weighted by Crippen LogP contribution is 2.25. The van der Waals surface area contributed by atoms with Gasteiger partial charge in [0.05, 0.1) is 11.6 Å². The molecule has 0 saturated carbocycles. The van der Waals surface area contributed by atoms with E-state index in [1.807, 2.05) is 18.2 Å². The molecular formula is C15H15ClN6. The van der Waals surface area contributed by atoms with Gasteiger partial charge in [-0.15, -0.1) is 0 Å². The summed E-state index contributed by atoms with van der Waals surface area (Å²) in [7, 11) is 0. The monoisotopic (exact) mass is 314 g/mol. The van der Waals surface area contributed by atoms with Crippen LogP contribution in [0.3, 0.4) is 0 Å². The van der Waals surface area contributed by atoms with Gasteiger partial charge in [-0.3, -0.25) is 5.10 Å². The fraction of sp³-hybridized carbons (Fsp3) is 0.267. The van der Waals surface area contributed by atoms with Crippen LogP contribution in [-0.4, -0.2) is 46.3 Å². The number of nitrogens with zero attached hydrogens (tertiary/aromatic N) is 5. The summed E-state index contributed by atoms with van der Waals surface area (Å²) >= 11 is 6.08. The SMILES string of the molecule is Clc1cccc(N2CCN(c3ncnc4[nH]ncc34)CC2)c1. The maximum atomic E-state index is 6.08. The van der Waals surface area contributed by atoms with E-state index in [1.54, 1.807) is 12.5 Å². The van der Waals surface area contributed by atoms with E-state index in [1.165, 1.54) is 5.69 Å². The first-order valence-corrected chi connectivity index (χ1v) is 7.58. The number of hydrogen-bond acceptors (Lipinski definition) is 5. The topological polar surface area (TPSA) is 60.9 Å². The number of piperazine rings is 1. The average molecular weight is 315 g/mol. The Morgan fingerprint density at radius 3 is 2.68 bits per heavy atom. The highest BCUT2D eigenvalue weighted by Gasteiger charge is 2.20. The largest absolute Gasteiger partial charge is 0.368 e. The molecule has 2 aromatic heterocycles. The van der Waals surface area contributed by atoms with E-state index in [2.05, 4.69) is 36.0 Å². The van der Waals surface area contributed by atoms with E-state index in [0.717, 1.165) is 48.1 Å². The lowest BCUT2D eigenvalue weighted by Crippen LogP contribution is -2.46. The molecule has 0 aliphatic carbocycles. The molecule has 0 unspecified atom stereocenters. The minimum absolute atomic E-state index is 0.774. The molecule has 0 amide bonds. The van der Waals surface area contributed by atoms with Crippen molar-refractivity contribution < 1.29 is 0 Å². The standard InChI is InChI=1S/C15H15ClN6/c16-11-2-1-3-12(8-11)21-4-6-22(7-5-21)15-13-9-19-20-14(13)17-10-18-15/h1-3,8-10H,4-7H2,(H,17,18,19,20). The Bertz CT molecular complexity index is 793. The van der Waals surface area contributed by atoms with Gasteiger partial charge in [0.15, 0.2) is 5.65 Å². The molecular weight excluding hydrogens is 300 g/mol. The normalized spacial score (nSPS) is 15.5. The summed E-state index contributed by atoms with van der Waals surface area (Å²) in [4.78, 5) is 13.2. The summed E-state index contributed by atoms with van der Waals surface area (Å²) < 4.78 is 0. The van der Waals surface area contributed by atoms with E-state index in [-0.39, 0.29) is 0 Å². The van der Waals surface area contributed by atoms with Crippen LogP contribution < -0.4 is 9.80 Å². The maximum absolute atomic E-state index is 6.08. The molecule has 3 aromatic rings. The lowest BCUT2D eigenvalue weighted by atomic mass is 10.2. The summed E-state index contributed by atoms with van der Waals surface area (Å²) in [5.74, 6) is 0.949. The molecule has 4 rings (SSSR count). The molecule has 3 heterocycles. The van der Waals surface area contributed by atoms with Gasteiger partial charge >= 0.3 is 0 Å². The number of aromatic nitrogens is 4. The predicted molar refractivity (Wildman–Crippen MR) is 87.6 cm³/mol. The molecule has 0 atom stereocenters. The Labute approximate surface area is 132 Å². The summed E-state index contributed by atoms with van der Waals surface area (Å²) in [6.45, 7) is 3.68. The molecule has 7 heteroatoms. The van der Waals surface area contributed by atoms with Crippen LogP contribution in [-0.2, 0) is 0 Å². The number of rotatable bonds is 2. The molecule has 1 aliphatic rings. The van der Waals surface area contributed by atoms with E-state index < -0.39 is 0 Å². The molecule has 1 saturated heterocycles. The van der Waals surface area contributed by atoms with Crippen molar-refractivity contribution in [3.63, 3.8) is 0 Å². The molecule has 112 valence electrons. The van der Waals surface area contributed by atoms with Crippen LogP contribution in [0.1, 0.15) is 0 Å². The number of benzene rings is 1. The average Bonchev–Trinajstić information content (AvgIpc) is 3.04. The van der Waals surface area contributed by atoms with Crippen molar-refractivity contribution in [2.24, 2.45) is 0 Å². The zero-order valence-electron chi connectivity index (χ0n) is 11.9. The highest BCUT2D eigenvalue weighted by atomic mass is 35.5. The highest BCUT2D eigenvalue weighted by molar-refractivity contribution is 6.30. The first kappa shape index (κ1) is 13.3. The Kier molecular flexibility index (Phi) is 3.31. The summed E-state index contributed by atoms with van der Waals surface area (Å²) in [6.07, 6.45) is 3.37. The van der Waals surface area contributed by atoms with Gasteiger partial charge in [-0.1, -0.05) is 17.7 Å². The first-order chi connectivity index (χ1) is 10.8. The smallest absolute Gasteiger partial charge is 0.160 e. The number of nitrogens with one attached hydrogen (secondary N) is 1. The molecule has 0 radical (unpaired) electrons. The van der Waals surface area contributed by atoms with Gasteiger partial charge in [-0.2, -0.15) is 5.10 Å². The van der Waals surface area contributed by atoms with Gasteiger partial charge in [-0.05, 0) is 18.2 Å². The fourth-order valence-electron chi connectivity index (χ4n) is 2.85. The van der Waals surface area contributed by atoms with E-state index >= 15 is 0 Å². The third-order valence-electron chi connectivity index (χ3n) is 3.98. The zero-order valence-corrected chi connectivity index (χ0v) is 12.7. The molecule has 1 aromatic carbocycles. The second-order valence-corrected chi connectivity index (χ2v) is 5.72. The minimum Gasteiger partial charge on any atom is -0.368 e. The van der Waals surface area contributed by atoms with Crippen LogP contribution in [0, 0.1) is 0 Å². The van der Waals surface area contributed by atoms with Crippen LogP contribution in [0.15, 0.2) is 36.8 Å². The van der Waals surface area contributed by atoms with Crippen LogP contribution >= 0.6 is 11.6 Å². The predicted octanol–water partition coefficient (Wildman–Crippen LogP) is 2.33. The van der Waals surface area contributed by atoms with Crippen LogP contribution in [0.5, 0.6) is 0 Å². The second-order valence-electron chi connectivity index (χ2n) is 5.28. The maximum Gasteiger partial charge on any atom is 0.160 e. The third kappa shape index (κ3) is 2.35. The number of hydrogen-bond donors (Lipinski definition) is 1. The minimum atomic E-state index is 0.774. The van der Waals surface area contributed by atoms with Crippen LogP contribution in [0.4, 0.5) is 11.5 Å². The quantitative estimate of drug-likeness (QED) is 0.786. The Balaban J connectivity index is 1.53. The summed E-state index contributed by atoms with van der Waals surface area (Å²) in [5.41, 5.74) is 1.95. The van der Waals surface area contributed by atoms with Crippen molar-refractivity contribution in [2.45, 2.75) is 0 Å². The molecule has 1 aliphatic heterocycles. The van der Waals surface area contributed by atoms with Crippen molar-refractivity contribution in [3.05, 3.63) is 41.8 Å². The van der Waals surface area contributed by atoms with Gasteiger partial charge in [0.25, 0.3) is 0 Å². The number of fused-ring (bicyclic) bond motifs is 1.